The predicted molar refractivity (Wildman–Crippen MR) is 131 cm³/mol. The largest absolute Gasteiger partial charge is 0.858 e. The third kappa shape index (κ3) is 5.77. The maximum atomic E-state index is 13.0. The zero-order chi connectivity index (χ0) is 27.0. The summed E-state index contributed by atoms with van der Waals surface area (Å²) in [6, 6.07) is 7.17. The number of nitrogen functional groups attached to an aromatic ring is 1. The number of hydrogen-bond donors (Lipinski definition) is 3. The number of alkyl halides is 3. The first-order chi connectivity index (χ1) is 17.3. The van der Waals surface area contributed by atoms with Crippen LogP contribution in [0.4, 0.5) is 35.3 Å². The van der Waals surface area contributed by atoms with Crippen LogP contribution in [0.3, 0.4) is 0 Å². The number of pyridine rings is 1. The monoisotopic (exact) mass is 511 g/mol. The van der Waals surface area contributed by atoms with Gasteiger partial charge in [0, 0.05) is 29.2 Å². The van der Waals surface area contributed by atoms with Crippen molar-refractivity contribution in [2.45, 2.75) is 32.5 Å². The lowest BCUT2D eigenvalue weighted by molar-refractivity contribution is -0.213. The molecule has 37 heavy (non-hydrogen) atoms. The number of hydrogen-bond acceptors (Lipinski definition) is 7. The predicted octanol–water partition coefficient (Wildman–Crippen LogP) is 3.94. The molecule has 4 N–H and O–H groups in total. The smallest absolute Gasteiger partial charge is 0.416 e. The minimum atomic E-state index is -4.57. The number of nitrogens with one attached hydrogen (secondary N) is 2. The van der Waals surface area contributed by atoms with E-state index in [1.165, 1.54) is 17.0 Å². The number of benzene rings is 1. The van der Waals surface area contributed by atoms with Crippen LogP contribution in [0.5, 0.6) is 0 Å². The molecule has 13 heteroatoms. The molecule has 0 atom stereocenters. The number of nitrogens with two attached hydrogens (primary N) is 1. The van der Waals surface area contributed by atoms with Gasteiger partial charge >= 0.3 is 12.2 Å². The van der Waals surface area contributed by atoms with E-state index in [2.05, 4.69) is 30.7 Å². The summed E-state index contributed by atoms with van der Waals surface area (Å²) in [4.78, 5) is 24.3. The Hall–Kier alpha value is -4.68. The second kappa shape index (κ2) is 9.41. The minimum Gasteiger partial charge on any atom is -0.858 e. The van der Waals surface area contributed by atoms with Gasteiger partial charge in [-0.1, -0.05) is 12.1 Å². The third-order valence-electron chi connectivity index (χ3n) is 5.03. The van der Waals surface area contributed by atoms with E-state index in [1.54, 1.807) is 45.0 Å². The summed E-state index contributed by atoms with van der Waals surface area (Å²) in [5.74, 6) is -0.553. The van der Waals surface area contributed by atoms with E-state index in [0.717, 1.165) is 18.3 Å². The first kappa shape index (κ1) is 25.4. The van der Waals surface area contributed by atoms with Crippen molar-refractivity contribution in [3.8, 4) is 11.1 Å². The summed E-state index contributed by atoms with van der Waals surface area (Å²) in [5, 5.41) is 21.9. The van der Waals surface area contributed by atoms with Crippen molar-refractivity contribution in [3.63, 3.8) is 0 Å². The lowest BCUT2D eigenvalue weighted by atomic mass is 10.0. The number of carbonyl (C=O) groups is 1. The molecule has 0 aliphatic heterocycles. The van der Waals surface area contributed by atoms with Crippen LogP contribution in [0.2, 0.25) is 0 Å². The highest BCUT2D eigenvalue weighted by atomic mass is 19.4. The minimum absolute atomic E-state index is 0.162. The van der Waals surface area contributed by atoms with Crippen LogP contribution in [0, 0.1) is 0 Å². The molecule has 10 nitrogen and oxygen atoms in total. The number of aliphatic imine (C=N–C) groups is 1. The number of amides is 2. The Morgan fingerprint density at radius 2 is 1.78 bits per heavy atom. The second-order valence-corrected chi connectivity index (χ2v) is 9.03. The van der Waals surface area contributed by atoms with E-state index in [9.17, 15) is 23.1 Å². The summed E-state index contributed by atoms with van der Waals surface area (Å²) < 4.78 is 40.1. The molecule has 0 unspecified atom stereocenters. The van der Waals surface area contributed by atoms with Crippen molar-refractivity contribution in [2.24, 2.45) is 4.99 Å². The summed E-state index contributed by atoms with van der Waals surface area (Å²) in [6.07, 6.45) is -0.812. The van der Waals surface area contributed by atoms with Crippen molar-refractivity contribution < 1.29 is 23.1 Å². The van der Waals surface area contributed by atoms with Crippen LogP contribution in [0.25, 0.3) is 16.6 Å². The van der Waals surface area contributed by atoms with Crippen molar-refractivity contribution in [1.82, 2.24) is 19.6 Å². The molecule has 3 heterocycles. The van der Waals surface area contributed by atoms with Crippen molar-refractivity contribution in [1.29, 1.82) is 0 Å². The molecule has 0 aliphatic carbocycles. The lowest BCUT2D eigenvalue weighted by Crippen LogP contribution is -2.25. The van der Waals surface area contributed by atoms with E-state index in [1.807, 2.05) is 0 Å². The molecule has 0 fully saturated rings. The van der Waals surface area contributed by atoms with Gasteiger partial charge in [-0.2, -0.15) is 18.3 Å². The van der Waals surface area contributed by atoms with E-state index in [-0.39, 0.29) is 17.2 Å². The Morgan fingerprint density at radius 1 is 1.08 bits per heavy atom. The highest BCUT2D eigenvalue weighted by molar-refractivity contribution is 6.05. The van der Waals surface area contributed by atoms with Crippen molar-refractivity contribution >= 4 is 34.8 Å². The quantitative estimate of drug-likeness (QED) is 0.279. The van der Waals surface area contributed by atoms with Crippen LogP contribution in [0.1, 0.15) is 31.9 Å². The number of anilines is 3. The normalized spacial score (nSPS) is 12.5. The molecule has 192 valence electrons. The average Bonchev–Trinajstić information content (AvgIpc) is 3.19. The van der Waals surface area contributed by atoms with Gasteiger partial charge in [-0.15, -0.1) is 0 Å². The fourth-order valence-electron chi connectivity index (χ4n) is 3.53. The molecule has 3 aromatic heterocycles. The van der Waals surface area contributed by atoms with Crippen LogP contribution >= 0.6 is 0 Å². The molecule has 1 aromatic carbocycles. The number of rotatable bonds is 4. The first-order valence-corrected chi connectivity index (χ1v) is 10.9. The maximum Gasteiger partial charge on any atom is 0.416 e. The Kier molecular flexibility index (Phi) is 6.46. The molecule has 0 saturated heterocycles. The molecule has 2 amide bonds. The van der Waals surface area contributed by atoms with Gasteiger partial charge in [0.05, 0.1) is 11.1 Å². The molecular weight excluding hydrogens is 489 g/mol. The lowest BCUT2D eigenvalue weighted by Gasteiger charge is -2.20. The van der Waals surface area contributed by atoms with Gasteiger partial charge in [0.2, 0.25) is 0 Å². The number of halogens is 3. The molecular formula is C24H22F3N8O2-. The average molecular weight is 511 g/mol. The number of fused-ring (bicyclic) bond motifs is 1. The second-order valence-electron chi connectivity index (χ2n) is 9.03. The number of carbonyl (C=O) groups excluding carboxylic acids is 1. The third-order valence-corrected chi connectivity index (χ3v) is 5.03. The number of nitrogens with zero attached hydrogens (tertiary/aromatic N) is 5. The highest BCUT2D eigenvalue weighted by Gasteiger charge is 2.30. The SMILES string of the molecule is CC(C)(C)N=C([O-])c1cn2ncnc(N)c2c1-c1ccc(NC(=O)Nc2cc(C(F)(F)F)ccn2)cc1. The molecule has 4 rings (SSSR count). The van der Waals surface area contributed by atoms with Gasteiger partial charge in [-0.25, -0.2) is 19.3 Å². The Morgan fingerprint density at radius 3 is 2.43 bits per heavy atom. The molecule has 4 aromatic rings. The van der Waals surface area contributed by atoms with Crippen LogP contribution < -0.4 is 21.5 Å². The first-order valence-electron chi connectivity index (χ1n) is 10.9. The summed E-state index contributed by atoms with van der Waals surface area (Å²) in [6.45, 7) is 5.40. The fourth-order valence-corrected chi connectivity index (χ4v) is 3.53. The van der Waals surface area contributed by atoms with Gasteiger partial charge in [-0.3, -0.25) is 10.3 Å². The summed E-state index contributed by atoms with van der Waals surface area (Å²) in [7, 11) is 0. The molecule has 0 spiro atoms. The van der Waals surface area contributed by atoms with Gasteiger partial charge < -0.3 is 16.2 Å². The fraction of sp³-hybridized carbons (Fsp3) is 0.208. The van der Waals surface area contributed by atoms with Gasteiger partial charge in [-0.05, 0) is 56.5 Å². The zero-order valence-electron chi connectivity index (χ0n) is 20.0. The highest BCUT2D eigenvalue weighted by Crippen LogP contribution is 2.33. The van der Waals surface area contributed by atoms with E-state index in [4.69, 9.17) is 5.73 Å². The van der Waals surface area contributed by atoms with Gasteiger partial charge in [0.25, 0.3) is 0 Å². The standard InChI is InChI=1S/C24H23F3N8O2/c1-23(2,3)34-21(36)16-11-35-19(20(28)30-12-31-35)18(16)13-4-6-15(7-5-13)32-22(37)33-17-10-14(8-9-29-17)24(25,26)27/h4-12H,1-3H3,(H,34,36)(H2,28,30,31)(H2,29,32,33,37)/p-1. The van der Waals surface area contributed by atoms with E-state index < -0.39 is 29.2 Å². The number of aromatic nitrogens is 4. The number of urea groups is 1. The van der Waals surface area contributed by atoms with Gasteiger partial charge in [0.1, 0.15) is 17.7 Å². The Balaban J connectivity index is 1.62. The van der Waals surface area contributed by atoms with Crippen LogP contribution in [0.15, 0.2) is 60.1 Å². The Bertz CT molecular complexity index is 1490. The maximum absolute atomic E-state index is 13.0. The Labute approximate surface area is 209 Å². The topological polar surface area (TPSA) is 146 Å². The van der Waals surface area contributed by atoms with E-state index >= 15 is 0 Å². The molecule has 0 saturated carbocycles. The zero-order valence-corrected chi connectivity index (χ0v) is 20.0. The molecule has 0 radical (unpaired) electrons. The van der Waals surface area contributed by atoms with Crippen LogP contribution in [-0.2, 0) is 6.18 Å². The summed E-state index contributed by atoms with van der Waals surface area (Å²) in [5.41, 5.74) is 6.63. The van der Waals surface area contributed by atoms with Crippen LogP contribution in [-0.4, -0.2) is 37.0 Å². The molecule has 0 aliphatic rings. The van der Waals surface area contributed by atoms with E-state index in [0.29, 0.717) is 22.3 Å². The molecule has 0 bridgehead atoms. The summed E-state index contributed by atoms with van der Waals surface area (Å²) >= 11 is 0. The van der Waals surface area contributed by atoms with Gasteiger partial charge in [0.15, 0.2) is 5.82 Å². The van der Waals surface area contributed by atoms with Crippen molar-refractivity contribution in [2.75, 3.05) is 16.4 Å². The van der Waals surface area contributed by atoms with Crippen molar-refractivity contribution in [3.05, 3.63) is 66.2 Å².